The largest absolute Gasteiger partial charge is 0.312 e. The van der Waals surface area contributed by atoms with Crippen LogP contribution in [0.1, 0.15) is 5.56 Å². The second kappa shape index (κ2) is 4.03. The molecule has 6 rings (SSSR count). The summed E-state index contributed by atoms with van der Waals surface area (Å²) in [7, 11) is 4.17. The molecular weight excluding hydrogens is 312 g/mol. The number of aryl methyl sites for hydroxylation is 3. The topological polar surface area (TPSA) is 44.5 Å². The fraction of sp³-hybridized carbons (Fsp3) is 0.158. The minimum absolute atomic E-state index is 0.958. The van der Waals surface area contributed by atoms with Crippen LogP contribution >= 0.6 is 0 Å². The highest BCUT2D eigenvalue weighted by molar-refractivity contribution is 6.01. The van der Waals surface area contributed by atoms with Crippen LogP contribution in [0.2, 0.25) is 0 Å². The highest BCUT2D eigenvalue weighted by Crippen LogP contribution is 2.33. The van der Waals surface area contributed by atoms with Crippen molar-refractivity contribution in [1.29, 1.82) is 0 Å². The fourth-order valence-corrected chi connectivity index (χ4v) is 4.37. The van der Waals surface area contributed by atoms with Gasteiger partial charge in [0.05, 0.1) is 33.1 Å². The van der Waals surface area contributed by atoms with Gasteiger partial charge in [-0.05, 0) is 25.1 Å². The zero-order chi connectivity index (χ0) is 16.9. The third kappa shape index (κ3) is 1.34. The molecule has 4 heterocycles. The summed E-state index contributed by atoms with van der Waals surface area (Å²) in [6, 6.07) is 10.6. The molecule has 0 N–H and O–H groups in total. The average Bonchev–Trinajstić information content (AvgIpc) is 3.32. The van der Waals surface area contributed by atoms with Gasteiger partial charge in [-0.2, -0.15) is 0 Å². The van der Waals surface area contributed by atoms with Crippen LogP contribution in [0.25, 0.3) is 44.7 Å². The molecule has 0 spiro atoms. The predicted octanol–water partition coefficient (Wildman–Crippen LogP) is 3.43. The van der Waals surface area contributed by atoms with Crippen molar-refractivity contribution in [3.8, 4) is 0 Å². The van der Waals surface area contributed by atoms with E-state index in [1.54, 1.807) is 0 Å². The number of rotatable bonds is 0. The van der Waals surface area contributed by atoms with Gasteiger partial charge in [0.1, 0.15) is 0 Å². The molecular formula is C19H16N6. The normalized spacial score (nSPS) is 12.6. The first-order valence-corrected chi connectivity index (χ1v) is 8.33. The third-order valence-electron chi connectivity index (χ3n) is 5.40. The van der Waals surface area contributed by atoms with Gasteiger partial charge in [0.25, 0.3) is 0 Å². The number of imidazole rings is 4. The minimum Gasteiger partial charge on any atom is -0.312 e. The number of para-hydroxylation sites is 2. The number of benzene rings is 2. The Morgan fingerprint density at radius 2 is 1.64 bits per heavy atom. The van der Waals surface area contributed by atoms with Gasteiger partial charge in [0, 0.05) is 32.1 Å². The average molecular weight is 328 g/mol. The summed E-state index contributed by atoms with van der Waals surface area (Å²) in [4.78, 5) is 9.34. The van der Waals surface area contributed by atoms with Gasteiger partial charge in [-0.1, -0.05) is 12.1 Å². The summed E-state index contributed by atoms with van der Waals surface area (Å²) < 4.78 is 8.77. The molecule has 6 nitrogen and oxygen atoms in total. The summed E-state index contributed by atoms with van der Waals surface area (Å²) in [5, 5.41) is 0. The van der Waals surface area contributed by atoms with Gasteiger partial charge >= 0.3 is 0 Å². The fourth-order valence-electron chi connectivity index (χ4n) is 4.37. The van der Waals surface area contributed by atoms with E-state index in [0.717, 1.165) is 22.6 Å². The lowest BCUT2D eigenvalue weighted by Gasteiger charge is -2.05. The van der Waals surface area contributed by atoms with Crippen molar-refractivity contribution < 1.29 is 0 Å². The van der Waals surface area contributed by atoms with E-state index < -0.39 is 0 Å². The number of hydrogen-bond donors (Lipinski definition) is 0. The molecule has 6 heteroatoms. The summed E-state index contributed by atoms with van der Waals surface area (Å²) in [5.41, 5.74) is 8.18. The molecule has 4 aromatic heterocycles. The lowest BCUT2D eigenvalue weighted by atomic mass is 10.1. The molecule has 0 saturated carbocycles. The van der Waals surface area contributed by atoms with Gasteiger partial charge in [-0.15, -0.1) is 0 Å². The van der Waals surface area contributed by atoms with E-state index >= 15 is 0 Å². The van der Waals surface area contributed by atoms with Gasteiger partial charge in [0.15, 0.2) is 0 Å². The number of aromatic nitrogens is 6. The van der Waals surface area contributed by atoms with Crippen molar-refractivity contribution in [2.45, 2.75) is 6.92 Å². The SMILES string of the molecule is Cc1c2c(cc3c1n(C)c1nc4ccccc4n31)n1ccnc1n2C. The predicted molar refractivity (Wildman–Crippen MR) is 99.1 cm³/mol. The number of hydrogen-bond acceptors (Lipinski definition) is 2. The van der Waals surface area contributed by atoms with Gasteiger partial charge in [-0.25, -0.2) is 9.97 Å². The first-order valence-electron chi connectivity index (χ1n) is 8.33. The minimum atomic E-state index is 0.958. The highest BCUT2D eigenvalue weighted by Gasteiger charge is 2.20. The maximum atomic E-state index is 4.84. The molecule has 0 fully saturated rings. The summed E-state index contributed by atoms with van der Waals surface area (Å²) in [5.74, 6) is 1.93. The maximum Gasteiger partial charge on any atom is 0.215 e. The van der Waals surface area contributed by atoms with Crippen LogP contribution in [0.5, 0.6) is 0 Å². The molecule has 0 unspecified atom stereocenters. The smallest absolute Gasteiger partial charge is 0.215 e. The second-order valence-corrected chi connectivity index (χ2v) is 6.69. The molecule has 0 atom stereocenters. The Morgan fingerprint density at radius 3 is 2.52 bits per heavy atom. The first-order chi connectivity index (χ1) is 12.2. The van der Waals surface area contributed by atoms with E-state index in [4.69, 9.17) is 4.98 Å². The Balaban J connectivity index is 1.98. The van der Waals surface area contributed by atoms with Crippen LogP contribution in [0.3, 0.4) is 0 Å². The van der Waals surface area contributed by atoms with E-state index in [9.17, 15) is 0 Å². The van der Waals surface area contributed by atoms with Crippen molar-refractivity contribution >= 4 is 44.7 Å². The van der Waals surface area contributed by atoms with Crippen molar-refractivity contribution in [1.82, 2.24) is 27.9 Å². The van der Waals surface area contributed by atoms with Crippen LogP contribution in [0.15, 0.2) is 42.7 Å². The van der Waals surface area contributed by atoms with Gasteiger partial charge < -0.3 is 9.13 Å². The standard InChI is InChI=1S/C19H16N6/c1-11-16-14(24-9-8-20-18(24)22(16)2)10-15-17(11)23(3)19-21-12-6-4-5-7-13(12)25(15)19/h4-10H,1-3H3. The van der Waals surface area contributed by atoms with Gasteiger partial charge in [-0.3, -0.25) is 8.80 Å². The molecule has 0 aliphatic rings. The van der Waals surface area contributed by atoms with E-state index in [0.29, 0.717) is 0 Å². The third-order valence-corrected chi connectivity index (χ3v) is 5.40. The van der Waals surface area contributed by atoms with Crippen LogP contribution in [0, 0.1) is 6.92 Å². The summed E-state index contributed by atoms with van der Waals surface area (Å²) in [6.07, 6.45) is 3.87. The van der Waals surface area contributed by atoms with E-state index in [2.05, 4.69) is 68.2 Å². The van der Waals surface area contributed by atoms with Crippen molar-refractivity contribution in [2.75, 3.05) is 0 Å². The highest BCUT2D eigenvalue weighted by atomic mass is 15.2. The zero-order valence-electron chi connectivity index (χ0n) is 14.2. The zero-order valence-corrected chi connectivity index (χ0v) is 14.2. The Hall–Kier alpha value is -3.28. The maximum absolute atomic E-state index is 4.84. The first kappa shape index (κ1) is 13.1. The molecule has 122 valence electrons. The molecule has 2 aromatic carbocycles. The Morgan fingerprint density at radius 1 is 0.880 bits per heavy atom. The molecule has 0 radical (unpaired) electrons. The monoisotopic (exact) mass is 328 g/mol. The van der Waals surface area contributed by atoms with E-state index in [-0.39, 0.29) is 0 Å². The molecule has 6 aromatic rings. The lowest BCUT2D eigenvalue weighted by molar-refractivity contribution is 0.955. The van der Waals surface area contributed by atoms with E-state index in [1.807, 2.05) is 18.5 Å². The Kier molecular flexibility index (Phi) is 2.10. The van der Waals surface area contributed by atoms with Crippen LogP contribution in [-0.2, 0) is 14.1 Å². The summed E-state index contributed by atoms with van der Waals surface area (Å²) >= 11 is 0. The van der Waals surface area contributed by atoms with Crippen molar-refractivity contribution in [2.24, 2.45) is 14.1 Å². The Bertz CT molecular complexity index is 1470. The van der Waals surface area contributed by atoms with Crippen LogP contribution in [-0.4, -0.2) is 27.9 Å². The quantitative estimate of drug-likeness (QED) is 0.429. The lowest BCUT2D eigenvalue weighted by Crippen LogP contribution is -1.95. The molecule has 0 bridgehead atoms. The van der Waals surface area contributed by atoms with Crippen LogP contribution in [0.4, 0.5) is 0 Å². The van der Waals surface area contributed by atoms with Crippen molar-refractivity contribution in [3.63, 3.8) is 0 Å². The number of fused-ring (bicyclic) bond motifs is 8. The molecule has 0 amide bonds. The molecule has 0 aliphatic heterocycles. The molecule has 0 saturated heterocycles. The van der Waals surface area contributed by atoms with Crippen LogP contribution < -0.4 is 0 Å². The second-order valence-electron chi connectivity index (χ2n) is 6.69. The van der Waals surface area contributed by atoms with E-state index in [1.165, 1.54) is 27.6 Å². The number of nitrogens with zero attached hydrogens (tertiary/aromatic N) is 6. The Labute approximate surface area is 142 Å². The summed E-state index contributed by atoms with van der Waals surface area (Å²) in [6.45, 7) is 2.19. The molecule has 0 aliphatic carbocycles. The van der Waals surface area contributed by atoms with Gasteiger partial charge in [0.2, 0.25) is 11.6 Å². The molecule has 25 heavy (non-hydrogen) atoms. The van der Waals surface area contributed by atoms with Crippen molar-refractivity contribution in [3.05, 3.63) is 48.3 Å².